The number of carboxylic acid groups (broad SMARTS) is 1. The van der Waals surface area contributed by atoms with Crippen molar-refractivity contribution in [2.45, 2.75) is 19.9 Å². The molecule has 0 spiro atoms. The van der Waals surface area contributed by atoms with Gasteiger partial charge in [0.05, 0.1) is 18.1 Å². The number of methoxy groups -OCH3 is 1. The summed E-state index contributed by atoms with van der Waals surface area (Å²) in [6.45, 7) is 3.25. The lowest BCUT2D eigenvalue weighted by molar-refractivity contribution is -0.152. The molecule has 1 aromatic carbocycles. The zero-order chi connectivity index (χ0) is 13.9. The Balaban J connectivity index is 0.00000324. The molecule has 0 saturated heterocycles. The van der Waals surface area contributed by atoms with Crippen molar-refractivity contribution >= 4 is 24.3 Å². The molecule has 0 saturated carbocycles. The highest BCUT2D eigenvalue weighted by Gasteiger charge is 2.38. The highest BCUT2D eigenvalue weighted by atomic mass is 35.5. The molecule has 0 aliphatic heterocycles. The van der Waals surface area contributed by atoms with Gasteiger partial charge in [0.2, 0.25) is 0 Å². The van der Waals surface area contributed by atoms with Crippen LogP contribution >= 0.6 is 12.4 Å². The maximum absolute atomic E-state index is 11.7. The maximum Gasteiger partial charge on any atom is 0.336 e. The van der Waals surface area contributed by atoms with Crippen molar-refractivity contribution < 1.29 is 19.4 Å². The molecule has 6 heteroatoms. The van der Waals surface area contributed by atoms with E-state index in [-0.39, 0.29) is 18.0 Å². The van der Waals surface area contributed by atoms with Crippen molar-refractivity contribution in [1.29, 1.82) is 0 Å². The van der Waals surface area contributed by atoms with E-state index in [4.69, 9.17) is 15.6 Å². The van der Waals surface area contributed by atoms with Gasteiger partial charge >= 0.3 is 11.9 Å². The highest BCUT2D eigenvalue weighted by Crippen LogP contribution is 2.34. The molecular formula is C13H18ClNO4. The van der Waals surface area contributed by atoms with Crippen LogP contribution in [0, 0.1) is 5.41 Å². The minimum absolute atomic E-state index is 0. The number of benzene rings is 1. The van der Waals surface area contributed by atoms with Crippen LogP contribution in [0.4, 0.5) is 0 Å². The Morgan fingerprint density at radius 2 is 1.84 bits per heavy atom. The van der Waals surface area contributed by atoms with Gasteiger partial charge in [0.1, 0.15) is 0 Å². The van der Waals surface area contributed by atoms with Crippen LogP contribution < -0.4 is 5.73 Å². The van der Waals surface area contributed by atoms with Crippen LogP contribution in [0.5, 0.6) is 0 Å². The standard InChI is InChI=1S/C13H17NO4.ClH/c1-13(2,12(17)18-3)10(14)8-6-4-5-7-9(8)11(15)16;/h4-7,10H,14H2,1-3H3,(H,15,16);1H/t10-;/m1./s1. The van der Waals surface area contributed by atoms with Crippen LogP contribution in [0.3, 0.4) is 0 Å². The molecule has 1 rings (SSSR count). The van der Waals surface area contributed by atoms with Gasteiger partial charge < -0.3 is 15.6 Å². The Bertz CT molecular complexity index is 473. The molecule has 1 aromatic rings. The molecule has 0 aliphatic rings. The second kappa shape index (κ2) is 6.54. The lowest BCUT2D eigenvalue weighted by Crippen LogP contribution is -2.38. The number of carbonyl (C=O) groups excluding carboxylic acids is 1. The summed E-state index contributed by atoms with van der Waals surface area (Å²) in [7, 11) is 1.28. The number of halogens is 1. The third kappa shape index (κ3) is 3.45. The predicted molar refractivity (Wildman–Crippen MR) is 73.4 cm³/mol. The van der Waals surface area contributed by atoms with E-state index in [2.05, 4.69) is 0 Å². The largest absolute Gasteiger partial charge is 0.478 e. The van der Waals surface area contributed by atoms with E-state index >= 15 is 0 Å². The van der Waals surface area contributed by atoms with Gasteiger partial charge in [-0.3, -0.25) is 4.79 Å². The van der Waals surface area contributed by atoms with Crippen molar-refractivity contribution in [3.63, 3.8) is 0 Å². The summed E-state index contributed by atoms with van der Waals surface area (Å²) in [6.07, 6.45) is 0. The Hall–Kier alpha value is -1.59. The average Bonchev–Trinajstić information content (AvgIpc) is 2.36. The zero-order valence-corrected chi connectivity index (χ0v) is 11.9. The lowest BCUT2D eigenvalue weighted by Gasteiger charge is -2.29. The monoisotopic (exact) mass is 287 g/mol. The molecule has 0 heterocycles. The summed E-state index contributed by atoms with van der Waals surface area (Å²) in [4.78, 5) is 22.8. The van der Waals surface area contributed by atoms with Gasteiger partial charge in [0.25, 0.3) is 0 Å². The fraction of sp³-hybridized carbons (Fsp3) is 0.385. The molecular weight excluding hydrogens is 270 g/mol. The van der Waals surface area contributed by atoms with Gasteiger partial charge in [-0.1, -0.05) is 18.2 Å². The Kier molecular flexibility index (Phi) is 5.99. The average molecular weight is 288 g/mol. The molecule has 0 amide bonds. The summed E-state index contributed by atoms with van der Waals surface area (Å²) in [6, 6.07) is 5.63. The summed E-state index contributed by atoms with van der Waals surface area (Å²) < 4.78 is 4.69. The van der Waals surface area contributed by atoms with Crippen molar-refractivity contribution in [3.05, 3.63) is 35.4 Å². The van der Waals surface area contributed by atoms with E-state index in [0.717, 1.165) is 0 Å². The number of aromatic carboxylic acids is 1. The summed E-state index contributed by atoms with van der Waals surface area (Å²) in [5, 5.41) is 9.10. The van der Waals surface area contributed by atoms with Gasteiger partial charge in [-0.2, -0.15) is 0 Å². The fourth-order valence-corrected chi connectivity index (χ4v) is 1.74. The van der Waals surface area contributed by atoms with Crippen LogP contribution in [0.2, 0.25) is 0 Å². The van der Waals surface area contributed by atoms with Crippen LogP contribution in [0.15, 0.2) is 24.3 Å². The number of nitrogens with two attached hydrogens (primary N) is 1. The minimum atomic E-state index is -1.07. The van der Waals surface area contributed by atoms with Gasteiger partial charge in [-0.05, 0) is 25.5 Å². The number of rotatable bonds is 4. The number of ether oxygens (including phenoxy) is 1. The molecule has 1 atom stereocenters. The van der Waals surface area contributed by atoms with Crippen molar-refractivity contribution in [3.8, 4) is 0 Å². The number of carbonyl (C=O) groups is 2. The SMILES string of the molecule is COC(=O)C(C)(C)[C@H](N)c1ccccc1C(=O)O.Cl. The summed E-state index contributed by atoms with van der Waals surface area (Å²) in [5.74, 6) is -1.54. The van der Waals surface area contributed by atoms with Gasteiger partial charge in [-0.25, -0.2) is 4.79 Å². The van der Waals surface area contributed by atoms with Crippen LogP contribution in [0.1, 0.15) is 35.8 Å². The second-order valence-corrected chi connectivity index (χ2v) is 4.58. The Morgan fingerprint density at radius 1 is 1.32 bits per heavy atom. The van der Waals surface area contributed by atoms with Crippen LogP contribution in [-0.2, 0) is 9.53 Å². The van der Waals surface area contributed by atoms with E-state index in [9.17, 15) is 9.59 Å². The fourth-order valence-electron chi connectivity index (χ4n) is 1.74. The number of esters is 1. The molecule has 0 bridgehead atoms. The van der Waals surface area contributed by atoms with Gasteiger partial charge in [0.15, 0.2) is 0 Å². The minimum Gasteiger partial charge on any atom is -0.478 e. The number of carboxylic acids is 1. The third-order valence-corrected chi connectivity index (χ3v) is 3.02. The first-order valence-electron chi connectivity index (χ1n) is 5.48. The lowest BCUT2D eigenvalue weighted by atomic mass is 9.79. The van der Waals surface area contributed by atoms with Crippen molar-refractivity contribution in [2.75, 3.05) is 7.11 Å². The number of hydrogen-bond acceptors (Lipinski definition) is 4. The molecule has 3 N–H and O–H groups in total. The quantitative estimate of drug-likeness (QED) is 0.827. The van der Waals surface area contributed by atoms with Gasteiger partial charge in [0, 0.05) is 6.04 Å². The topological polar surface area (TPSA) is 89.6 Å². The van der Waals surface area contributed by atoms with Crippen molar-refractivity contribution in [2.24, 2.45) is 11.1 Å². The predicted octanol–water partition coefficient (Wildman–Crippen LogP) is 2.01. The third-order valence-electron chi connectivity index (χ3n) is 3.02. The van der Waals surface area contributed by atoms with E-state index in [1.54, 1.807) is 32.0 Å². The summed E-state index contributed by atoms with van der Waals surface area (Å²) in [5.41, 5.74) is 5.54. The number of hydrogen-bond donors (Lipinski definition) is 2. The first-order chi connectivity index (χ1) is 8.32. The van der Waals surface area contributed by atoms with Crippen LogP contribution in [0.25, 0.3) is 0 Å². The molecule has 19 heavy (non-hydrogen) atoms. The highest BCUT2D eigenvalue weighted by molar-refractivity contribution is 5.90. The molecule has 0 fully saturated rings. The van der Waals surface area contributed by atoms with E-state index in [0.29, 0.717) is 5.56 Å². The molecule has 0 aliphatic carbocycles. The van der Waals surface area contributed by atoms with Gasteiger partial charge in [-0.15, -0.1) is 12.4 Å². The van der Waals surface area contributed by atoms with E-state index < -0.39 is 23.4 Å². The molecule has 5 nitrogen and oxygen atoms in total. The van der Waals surface area contributed by atoms with Crippen molar-refractivity contribution in [1.82, 2.24) is 0 Å². The van der Waals surface area contributed by atoms with Crippen LogP contribution in [-0.4, -0.2) is 24.2 Å². The second-order valence-electron chi connectivity index (χ2n) is 4.58. The normalized spacial score (nSPS) is 12.2. The Morgan fingerprint density at radius 3 is 2.32 bits per heavy atom. The Labute approximate surface area is 118 Å². The first kappa shape index (κ1) is 17.4. The smallest absolute Gasteiger partial charge is 0.336 e. The maximum atomic E-state index is 11.7. The van der Waals surface area contributed by atoms with E-state index in [1.165, 1.54) is 13.2 Å². The zero-order valence-electron chi connectivity index (χ0n) is 11.0. The molecule has 0 unspecified atom stereocenters. The first-order valence-corrected chi connectivity index (χ1v) is 5.48. The summed E-state index contributed by atoms with van der Waals surface area (Å²) >= 11 is 0. The molecule has 106 valence electrons. The molecule has 0 radical (unpaired) electrons. The van der Waals surface area contributed by atoms with E-state index in [1.807, 2.05) is 0 Å². The molecule has 0 aromatic heterocycles.